The Labute approximate surface area is 199 Å². The van der Waals surface area contributed by atoms with Gasteiger partial charge in [0.25, 0.3) is 0 Å². The Morgan fingerprint density at radius 2 is 1.97 bits per heavy atom. The van der Waals surface area contributed by atoms with Gasteiger partial charge in [0.05, 0.1) is 0 Å². The van der Waals surface area contributed by atoms with Gasteiger partial charge in [-0.25, -0.2) is 4.98 Å². The summed E-state index contributed by atoms with van der Waals surface area (Å²) in [4.78, 5) is 15.0. The number of aryl methyl sites for hydroxylation is 1. The maximum absolute atomic E-state index is 14.0. The van der Waals surface area contributed by atoms with E-state index in [4.69, 9.17) is 20.2 Å². The van der Waals surface area contributed by atoms with Gasteiger partial charge in [-0.2, -0.15) is 14.4 Å². The molecule has 1 aliphatic heterocycles. The predicted molar refractivity (Wildman–Crippen MR) is 127 cm³/mol. The van der Waals surface area contributed by atoms with Crippen molar-refractivity contribution in [3.63, 3.8) is 0 Å². The van der Waals surface area contributed by atoms with Crippen LogP contribution in [0, 0.1) is 9.65 Å². The average molecular weight is 552 g/mol. The number of nitrogens with two attached hydrogens (primary N) is 1. The minimum atomic E-state index is -0.828. The third kappa shape index (κ3) is 4.34. The van der Waals surface area contributed by atoms with E-state index < -0.39 is 6.08 Å². The number of imidazole rings is 1. The molecule has 0 saturated heterocycles. The van der Waals surface area contributed by atoms with E-state index in [-0.39, 0.29) is 12.6 Å². The molecule has 10 heteroatoms. The van der Waals surface area contributed by atoms with E-state index >= 15 is 0 Å². The van der Waals surface area contributed by atoms with Gasteiger partial charge in [-0.1, -0.05) is 6.92 Å². The summed E-state index contributed by atoms with van der Waals surface area (Å²) in [6, 6.07) is 4.68. The normalized spacial score (nSPS) is 15.2. The van der Waals surface area contributed by atoms with E-state index in [1.165, 1.54) is 12.8 Å². The van der Waals surface area contributed by atoms with E-state index in [0.717, 1.165) is 58.4 Å². The molecule has 1 aliphatic carbocycles. The number of rotatable bonds is 9. The first-order valence-electron chi connectivity index (χ1n) is 11.0. The van der Waals surface area contributed by atoms with E-state index in [9.17, 15) is 4.39 Å². The molecule has 2 aromatic heterocycles. The van der Waals surface area contributed by atoms with Crippen molar-refractivity contribution in [2.75, 3.05) is 25.6 Å². The maximum atomic E-state index is 14.0. The second kappa shape index (κ2) is 8.97. The van der Waals surface area contributed by atoms with Crippen molar-refractivity contribution in [2.24, 2.45) is 0 Å². The Balaban J connectivity index is 1.44. The van der Waals surface area contributed by atoms with Crippen LogP contribution in [-0.2, 0) is 13.0 Å². The van der Waals surface area contributed by atoms with Crippen LogP contribution in [0.1, 0.15) is 44.0 Å². The summed E-state index contributed by atoms with van der Waals surface area (Å²) < 4.78 is 28.1. The van der Waals surface area contributed by atoms with Crippen LogP contribution in [0.25, 0.3) is 11.2 Å². The van der Waals surface area contributed by atoms with Gasteiger partial charge in [0.1, 0.15) is 5.82 Å². The largest absolute Gasteiger partial charge is 0.454 e. The number of benzene rings is 1. The van der Waals surface area contributed by atoms with Crippen molar-refractivity contribution in [1.29, 1.82) is 0 Å². The van der Waals surface area contributed by atoms with E-state index in [2.05, 4.69) is 44.4 Å². The number of hydrogen-bond donors (Lipinski definition) is 1. The van der Waals surface area contributed by atoms with Gasteiger partial charge in [-0.15, -0.1) is 0 Å². The third-order valence-corrected chi connectivity index (χ3v) is 6.97. The highest BCUT2D eigenvalue weighted by Crippen LogP contribution is 2.36. The molecule has 2 N–H and O–H groups in total. The summed E-state index contributed by atoms with van der Waals surface area (Å²) in [5.41, 5.74) is 7.95. The smallest absolute Gasteiger partial charge is 0.312 e. The highest BCUT2D eigenvalue weighted by atomic mass is 127. The van der Waals surface area contributed by atoms with Crippen molar-refractivity contribution >= 4 is 39.6 Å². The van der Waals surface area contributed by atoms with E-state index in [1.54, 1.807) is 0 Å². The molecule has 0 amide bonds. The lowest BCUT2D eigenvalue weighted by Crippen LogP contribution is -2.28. The van der Waals surface area contributed by atoms with Gasteiger partial charge >= 0.3 is 6.08 Å². The lowest BCUT2D eigenvalue weighted by atomic mass is 10.1. The third-order valence-electron chi connectivity index (χ3n) is 5.96. The van der Waals surface area contributed by atoms with Crippen LogP contribution in [0.5, 0.6) is 11.5 Å². The fourth-order valence-corrected chi connectivity index (χ4v) is 4.94. The van der Waals surface area contributed by atoms with E-state index in [1.807, 2.05) is 16.7 Å². The molecule has 0 spiro atoms. The molecule has 0 unspecified atom stereocenters. The fraction of sp³-hybridized carbons (Fsp3) is 0.500. The molecule has 1 saturated carbocycles. The van der Waals surface area contributed by atoms with Crippen LogP contribution in [-0.4, -0.2) is 50.3 Å². The fourth-order valence-electron chi connectivity index (χ4n) is 4.31. The second-order valence-corrected chi connectivity index (χ2v) is 9.49. The Bertz CT molecular complexity index is 1150. The Morgan fingerprint density at radius 1 is 1.19 bits per heavy atom. The molecule has 0 atom stereocenters. The van der Waals surface area contributed by atoms with Crippen LogP contribution < -0.4 is 15.2 Å². The van der Waals surface area contributed by atoms with Crippen molar-refractivity contribution in [3.8, 4) is 11.5 Å². The zero-order valence-electron chi connectivity index (χ0n) is 18.0. The van der Waals surface area contributed by atoms with Gasteiger partial charge in [-0.3, -0.25) is 0 Å². The highest BCUT2D eigenvalue weighted by molar-refractivity contribution is 14.1. The molecule has 0 bridgehead atoms. The summed E-state index contributed by atoms with van der Waals surface area (Å²) >= 11 is 2.29. The van der Waals surface area contributed by atoms with Crippen LogP contribution in [0.3, 0.4) is 0 Å². The molecular formula is C22H26FIN6O2. The number of halogens is 2. The van der Waals surface area contributed by atoms with Crippen molar-refractivity contribution in [1.82, 2.24) is 24.4 Å². The second-order valence-electron chi connectivity index (χ2n) is 8.32. The quantitative estimate of drug-likeness (QED) is 0.320. The van der Waals surface area contributed by atoms with Crippen molar-refractivity contribution < 1.29 is 13.9 Å². The number of nitrogens with zero attached hydrogens (tertiary/aromatic N) is 5. The van der Waals surface area contributed by atoms with Crippen LogP contribution in [0.15, 0.2) is 12.1 Å². The maximum Gasteiger partial charge on any atom is 0.312 e. The minimum Gasteiger partial charge on any atom is -0.454 e. The molecule has 3 aromatic rings. The van der Waals surface area contributed by atoms with Crippen LogP contribution in [0.4, 0.5) is 10.2 Å². The van der Waals surface area contributed by atoms with Crippen molar-refractivity contribution in [2.45, 2.75) is 51.6 Å². The zero-order chi connectivity index (χ0) is 22.2. The Kier molecular flexibility index (Phi) is 6.06. The molecular weight excluding hydrogens is 526 g/mol. The van der Waals surface area contributed by atoms with E-state index in [0.29, 0.717) is 24.1 Å². The Hall–Kier alpha value is -2.21. The zero-order valence-corrected chi connectivity index (χ0v) is 20.1. The van der Waals surface area contributed by atoms with Gasteiger partial charge in [-0.05, 0) is 72.5 Å². The van der Waals surface area contributed by atoms with Crippen LogP contribution in [0.2, 0.25) is 0 Å². The summed E-state index contributed by atoms with van der Waals surface area (Å²) in [5, 5.41) is 0. The minimum absolute atomic E-state index is 0.0680. The molecule has 32 heavy (non-hydrogen) atoms. The summed E-state index contributed by atoms with van der Waals surface area (Å²) in [6.07, 6.45) is 4.37. The number of hydrogen-bond acceptors (Lipinski definition) is 7. The SMILES string of the molecule is CCCN(CCCn1c(Cc2cc3c(cc2I)OCO3)nc2c(N)nc(F)nc21)C1CC1. The first kappa shape index (κ1) is 21.6. The van der Waals surface area contributed by atoms with Crippen LogP contribution >= 0.6 is 22.6 Å². The summed E-state index contributed by atoms with van der Waals surface area (Å²) in [5.74, 6) is 2.34. The predicted octanol–water partition coefficient (Wildman–Crippen LogP) is 3.74. The molecule has 1 fully saturated rings. The topological polar surface area (TPSA) is 91.3 Å². The Morgan fingerprint density at radius 3 is 2.72 bits per heavy atom. The molecule has 2 aliphatic rings. The number of fused-ring (bicyclic) bond motifs is 2. The van der Waals surface area contributed by atoms with Crippen molar-refractivity contribution in [3.05, 3.63) is 33.2 Å². The molecule has 0 radical (unpaired) electrons. The molecule has 8 nitrogen and oxygen atoms in total. The number of anilines is 1. The number of aromatic nitrogens is 4. The highest BCUT2D eigenvalue weighted by Gasteiger charge is 2.28. The number of nitrogen functional groups attached to an aromatic ring is 1. The summed E-state index contributed by atoms with van der Waals surface area (Å²) in [6.45, 7) is 5.25. The first-order chi connectivity index (χ1) is 15.5. The van der Waals surface area contributed by atoms with Gasteiger partial charge in [0.2, 0.25) is 6.79 Å². The standard InChI is InChI=1S/C22H26FIN6O2/c1-2-6-29(14-4-5-14)7-3-8-30-18(26-19-20(25)27-22(23)28-21(19)30)10-13-9-16-17(11-15(13)24)32-12-31-16/h9,11,14H,2-8,10,12H2,1H3,(H2,25,27,28). The lowest BCUT2D eigenvalue weighted by Gasteiger charge is -2.21. The van der Waals surface area contributed by atoms with Gasteiger partial charge < -0.3 is 24.7 Å². The first-order valence-corrected chi connectivity index (χ1v) is 12.1. The lowest BCUT2D eigenvalue weighted by molar-refractivity contribution is 0.174. The molecule has 1 aromatic carbocycles. The molecule has 5 rings (SSSR count). The summed E-state index contributed by atoms with van der Waals surface area (Å²) in [7, 11) is 0. The molecule has 3 heterocycles. The molecule has 170 valence electrons. The van der Waals surface area contributed by atoms with Gasteiger partial charge in [0.15, 0.2) is 28.5 Å². The number of ether oxygens (including phenoxy) is 2. The van der Waals surface area contributed by atoms with Gasteiger partial charge in [0, 0.05) is 29.1 Å². The monoisotopic (exact) mass is 552 g/mol. The average Bonchev–Trinajstić information content (AvgIpc) is 3.41.